The molecule has 0 saturated carbocycles. The van der Waals surface area contributed by atoms with Crippen molar-refractivity contribution in [1.82, 2.24) is 9.97 Å². The zero-order valence-corrected chi connectivity index (χ0v) is 16.5. The van der Waals surface area contributed by atoms with Crippen LogP contribution in [0.2, 0.25) is 5.02 Å². The molecule has 0 aliphatic heterocycles. The number of carbonyl (C=O) groups excluding carboxylic acids is 1. The summed E-state index contributed by atoms with van der Waals surface area (Å²) >= 11 is 6.09. The van der Waals surface area contributed by atoms with Gasteiger partial charge in [0.1, 0.15) is 5.75 Å². The highest BCUT2D eigenvalue weighted by atomic mass is 35.5. The van der Waals surface area contributed by atoms with Crippen molar-refractivity contribution in [2.75, 3.05) is 23.9 Å². The van der Waals surface area contributed by atoms with Crippen molar-refractivity contribution >= 4 is 29.1 Å². The van der Waals surface area contributed by atoms with Crippen LogP contribution in [-0.4, -0.2) is 29.5 Å². The van der Waals surface area contributed by atoms with Gasteiger partial charge in [-0.15, -0.1) is 0 Å². The molecule has 0 spiro atoms. The van der Waals surface area contributed by atoms with Crippen LogP contribution in [0.5, 0.6) is 5.75 Å². The quantitative estimate of drug-likeness (QED) is 0.640. The van der Waals surface area contributed by atoms with Crippen molar-refractivity contribution in [1.29, 1.82) is 0 Å². The molecule has 0 unspecified atom stereocenters. The number of rotatable bonds is 7. The number of anilines is 2. The molecule has 1 N–H and O–H groups in total. The van der Waals surface area contributed by atoms with E-state index < -0.39 is 0 Å². The topological polar surface area (TPSA) is 67.4 Å². The van der Waals surface area contributed by atoms with Crippen molar-refractivity contribution in [2.45, 2.75) is 13.5 Å². The first-order valence-electron chi connectivity index (χ1n) is 8.86. The first kappa shape index (κ1) is 19.6. The number of aromatic nitrogens is 2. The van der Waals surface area contributed by atoms with Crippen LogP contribution in [0.4, 0.5) is 11.6 Å². The van der Waals surface area contributed by atoms with Crippen LogP contribution in [-0.2, 0) is 6.54 Å². The molecule has 3 aromatic rings. The van der Waals surface area contributed by atoms with Gasteiger partial charge in [-0.1, -0.05) is 41.9 Å². The second-order valence-electron chi connectivity index (χ2n) is 6.07. The van der Waals surface area contributed by atoms with E-state index in [0.29, 0.717) is 34.5 Å². The van der Waals surface area contributed by atoms with Gasteiger partial charge in [-0.05, 0) is 30.7 Å². The van der Waals surface area contributed by atoms with Gasteiger partial charge in [0.05, 0.1) is 17.7 Å². The van der Waals surface area contributed by atoms with E-state index in [1.165, 1.54) is 25.1 Å². The SMILES string of the molecule is CCN(Cc1ccccc1)c1ncc(C(=O)Nc2ccc(OC)c(Cl)c2)cn1. The van der Waals surface area contributed by atoms with E-state index in [1.54, 1.807) is 18.2 Å². The highest BCUT2D eigenvalue weighted by Crippen LogP contribution is 2.27. The van der Waals surface area contributed by atoms with Crippen LogP contribution >= 0.6 is 11.6 Å². The highest BCUT2D eigenvalue weighted by Gasteiger charge is 2.12. The number of hydrogen-bond acceptors (Lipinski definition) is 5. The summed E-state index contributed by atoms with van der Waals surface area (Å²) in [4.78, 5) is 23.2. The van der Waals surface area contributed by atoms with E-state index in [2.05, 4.69) is 27.4 Å². The molecule has 0 fully saturated rings. The standard InChI is InChI=1S/C21H21ClN4O2/c1-3-26(14-15-7-5-4-6-8-15)21-23-12-16(13-24-21)20(27)25-17-9-10-19(28-2)18(22)11-17/h4-13H,3,14H2,1-2H3,(H,25,27). The molecule has 0 radical (unpaired) electrons. The number of amides is 1. The van der Waals surface area contributed by atoms with E-state index >= 15 is 0 Å². The molecule has 1 amide bonds. The predicted octanol–water partition coefficient (Wildman–Crippen LogP) is 4.42. The molecule has 0 bridgehead atoms. The lowest BCUT2D eigenvalue weighted by Crippen LogP contribution is -2.24. The Balaban J connectivity index is 1.69. The van der Waals surface area contributed by atoms with Gasteiger partial charge in [-0.2, -0.15) is 0 Å². The first-order chi connectivity index (χ1) is 13.6. The molecule has 3 rings (SSSR count). The summed E-state index contributed by atoms with van der Waals surface area (Å²) in [5.41, 5.74) is 2.11. The van der Waals surface area contributed by atoms with Crippen molar-refractivity contribution in [2.24, 2.45) is 0 Å². The summed E-state index contributed by atoms with van der Waals surface area (Å²) in [7, 11) is 1.54. The Hall–Kier alpha value is -3.12. The number of methoxy groups -OCH3 is 1. The minimum absolute atomic E-state index is 0.307. The van der Waals surface area contributed by atoms with Crippen molar-refractivity contribution in [3.05, 3.63) is 77.1 Å². The first-order valence-corrected chi connectivity index (χ1v) is 9.24. The van der Waals surface area contributed by atoms with Gasteiger partial charge in [0.15, 0.2) is 0 Å². The van der Waals surface area contributed by atoms with Crippen LogP contribution in [0, 0.1) is 0 Å². The normalized spacial score (nSPS) is 10.4. The van der Waals surface area contributed by atoms with E-state index in [4.69, 9.17) is 16.3 Å². The highest BCUT2D eigenvalue weighted by molar-refractivity contribution is 6.32. The maximum atomic E-state index is 12.4. The lowest BCUT2D eigenvalue weighted by Gasteiger charge is -2.20. The largest absolute Gasteiger partial charge is 0.495 e. The number of benzene rings is 2. The Labute approximate surface area is 169 Å². The third kappa shape index (κ3) is 4.78. The fraction of sp³-hybridized carbons (Fsp3) is 0.190. The summed E-state index contributed by atoms with van der Waals surface area (Å²) in [6.07, 6.45) is 3.05. The van der Waals surface area contributed by atoms with E-state index in [0.717, 1.165) is 6.54 Å². The number of carbonyl (C=O) groups is 1. The molecule has 1 heterocycles. The molecular weight excluding hydrogens is 376 g/mol. The summed E-state index contributed by atoms with van der Waals surface area (Å²) in [6.45, 7) is 3.50. The van der Waals surface area contributed by atoms with Crippen LogP contribution in [0.1, 0.15) is 22.8 Å². The van der Waals surface area contributed by atoms with E-state index in [9.17, 15) is 4.79 Å². The third-order valence-electron chi connectivity index (χ3n) is 4.19. The van der Waals surface area contributed by atoms with E-state index in [1.807, 2.05) is 30.0 Å². The summed E-state index contributed by atoms with van der Waals surface area (Å²) < 4.78 is 5.11. The fourth-order valence-electron chi connectivity index (χ4n) is 2.68. The Kier molecular flexibility index (Phi) is 6.45. The van der Waals surface area contributed by atoms with Gasteiger partial charge in [-0.3, -0.25) is 4.79 Å². The lowest BCUT2D eigenvalue weighted by molar-refractivity contribution is 0.102. The Morgan fingerprint density at radius 1 is 1.14 bits per heavy atom. The molecule has 0 aliphatic carbocycles. The van der Waals surface area contributed by atoms with Crippen molar-refractivity contribution in [3.8, 4) is 5.75 Å². The van der Waals surface area contributed by atoms with Gasteiger partial charge in [0, 0.05) is 31.2 Å². The van der Waals surface area contributed by atoms with Crippen LogP contribution in [0.15, 0.2) is 60.9 Å². The summed E-state index contributed by atoms with van der Waals surface area (Å²) in [5.74, 6) is 0.819. The molecule has 0 atom stereocenters. The van der Waals surface area contributed by atoms with E-state index in [-0.39, 0.29) is 5.91 Å². The van der Waals surface area contributed by atoms with Gasteiger partial charge in [0.25, 0.3) is 5.91 Å². The molecule has 7 heteroatoms. The molecule has 0 aliphatic rings. The zero-order valence-electron chi connectivity index (χ0n) is 15.7. The van der Waals surface area contributed by atoms with Crippen molar-refractivity contribution in [3.63, 3.8) is 0 Å². The minimum atomic E-state index is -0.307. The average molecular weight is 397 g/mol. The number of hydrogen-bond donors (Lipinski definition) is 1. The van der Waals surface area contributed by atoms with Crippen molar-refractivity contribution < 1.29 is 9.53 Å². The maximum Gasteiger partial charge on any atom is 0.258 e. The van der Waals surface area contributed by atoms with Gasteiger partial charge < -0.3 is 15.0 Å². The molecule has 6 nitrogen and oxygen atoms in total. The van der Waals surface area contributed by atoms with Crippen LogP contribution in [0.25, 0.3) is 0 Å². The minimum Gasteiger partial charge on any atom is -0.495 e. The molecule has 1 aromatic heterocycles. The summed E-state index contributed by atoms with van der Waals surface area (Å²) in [5, 5.41) is 3.20. The molecular formula is C21H21ClN4O2. The van der Waals surface area contributed by atoms with Gasteiger partial charge in [0.2, 0.25) is 5.95 Å². The number of ether oxygens (including phenoxy) is 1. The summed E-state index contributed by atoms with van der Waals surface area (Å²) in [6, 6.07) is 15.2. The molecule has 28 heavy (non-hydrogen) atoms. The van der Waals surface area contributed by atoms with Crippen LogP contribution < -0.4 is 15.0 Å². The molecule has 144 valence electrons. The maximum absolute atomic E-state index is 12.4. The second-order valence-corrected chi connectivity index (χ2v) is 6.48. The van der Waals surface area contributed by atoms with Crippen LogP contribution in [0.3, 0.4) is 0 Å². The predicted molar refractivity (Wildman–Crippen MR) is 111 cm³/mol. The number of nitrogens with zero attached hydrogens (tertiary/aromatic N) is 3. The Morgan fingerprint density at radius 2 is 1.86 bits per heavy atom. The fourth-order valence-corrected chi connectivity index (χ4v) is 2.93. The number of halogens is 1. The monoisotopic (exact) mass is 396 g/mol. The second kappa shape index (κ2) is 9.19. The van der Waals surface area contributed by atoms with Gasteiger partial charge >= 0.3 is 0 Å². The molecule has 0 saturated heterocycles. The average Bonchev–Trinajstić information content (AvgIpc) is 2.73. The number of nitrogens with one attached hydrogen (secondary N) is 1. The third-order valence-corrected chi connectivity index (χ3v) is 4.49. The zero-order chi connectivity index (χ0) is 19.9. The van der Waals surface area contributed by atoms with Gasteiger partial charge in [-0.25, -0.2) is 9.97 Å². The molecule has 2 aromatic carbocycles. The Bertz CT molecular complexity index is 933. The Morgan fingerprint density at radius 3 is 2.46 bits per heavy atom. The lowest BCUT2D eigenvalue weighted by atomic mass is 10.2. The smallest absolute Gasteiger partial charge is 0.258 e.